The number of thiophene rings is 1. The molecule has 0 saturated carbocycles. The Morgan fingerprint density at radius 2 is 2.36 bits per heavy atom. The first-order chi connectivity index (χ1) is 6.67. The van der Waals surface area contributed by atoms with Crippen molar-refractivity contribution >= 4 is 22.9 Å². The molecule has 14 heavy (non-hydrogen) atoms. The van der Waals surface area contributed by atoms with Crippen molar-refractivity contribution in [1.29, 1.82) is 0 Å². The van der Waals surface area contributed by atoms with Gasteiger partial charge in [0.2, 0.25) is 0 Å². The van der Waals surface area contributed by atoms with Gasteiger partial charge in [-0.15, -0.1) is 11.3 Å². The quantitative estimate of drug-likeness (QED) is 0.817. The van der Waals surface area contributed by atoms with Gasteiger partial charge in [0.25, 0.3) is 0 Å². The highest BCUT2D eigenvalue weighted by Gasteiger charge is 2.40. The summed E-state index contributed by atoms with van der Waals surface area (Å²) in [5, 5.41) is 6.65. The molecule has 1 N–H and O–H groups in total. The van der Waals surface area contributed by atoms with Gasteiger partial charge in [0.1, 0.15) is 0 Å². The highest BCUT2D eigenvalue weighted by atomic mass is 35.5. The molecule has 1 fully saturated rings. The van der Waals surface area contributed by atoms with Crippen LogP contribution in [-0.2, 0) is 5.54 Å². The minimum absolute atomic E-state index is 0.144. The van der Waals surface area contributed by atoms with E-state index in [1.807, 2.05) is 6.07 Å². The van der Waals surface area contributed by atoms with Gasteiger partial charge in [-0.1, -0.05) is 25.4 Å². The minimum atomic E-state index is 0.144. The van der Waals surface area contributed by atoms with Crippen LogP contribution in [0.4, 0.5) is 0 Å². The lowest BCUT2D eigenvalue weighted by Gasteiger charge is -2.33. The molecule has 1 unspecified atom stereocenters. The van der Waals surface area contributed by atoms with E-state index in [0.717, 1.165) is 11.6 Å². The molecule has 1 aromatic rings. The van der Waals surface area contributed by atoms with Crippen LogP contribution < -0.4 is 5.32 Å². The zero-order valence-corrected chi connectivity index (χ0v) is 10.2. The molecule has 2 rings (SSSR count). The van der Waals surface area contributed by atoms with Crippen LogP contribution in [0.2, 0.25) is 5.02 Å². The van der Waals surface area contributed by atoms with Crippen molar-refractivity contribution in [2.45, 2.75) is 32.2 Å². The Labute approximate surface area is 94.5 Å². The number of rotatable bonds is 2. The fourth-order valence-electron chi connectivity index (χ4n) is 2.33. The fraction of sp³-hybridized carbons (Fsp3) is 0.636. The molecular weight excluding hydrogens is 214 g/mol. The molecule has 1 aliphatic heterocycles. The maximum Gasteiger partial charge on any atom is 0.0567 e. The summed E-state index contributed by atoms with van der Waals surface area (Å²) in [6.45, 7) is 5.66. The van der Waals surface area contributed by atoms with Gasteiger partial charge in [-0.2, -0.15) is 0 Å². The zero-order valence-electron chi connectivity index (χ0n) is 8.64. The van der Waals surface area contributed by atoms with Crippen LogP contribution in [0.5, 0.6) is 0 Å². The molecule has 2 heterocycles. The van der Waals surface area contributed by atoms with Crippen LogP contribution in [0.1, 0.15) is 31.6 Å². The molecule has 0 aliphatic carbocycles. The van der Waals surface area contributed by atoms with E-state index in [1.165, 1.54) is 17.7 Å². The molecule has 1 saturated heterocycles. The van der Waals surface area contributed by atoms with Crippen molar-refractivity contribution in [3.63, 3.8) is 0 Å². The molecule has 0 bridgehead atoms. The topological polar surface area (TPSA) is 12.0 Å². The molecule has 0 radical (unpaired) electrons. The Hall–Kier alpha value is -0.0500. The second-order valence-corrected chi connectivity index (χ2v) is 5.58. The smallest absolute Gasteiger partial charge is 0.0567 e. The van der Waals surface area contributed by atoms with Gasteiger partial charge in [-0.25, -0.2) is 0 Å². The summed E-state index contributed by atoms with van der Waals surface area (Å²) in [6, 6.07) is 2.01. The average Bonchev–Trinajstić information content (AvgIpc) is 2.72. The first-order valence-corrected chi connectivity index (χ1v) is 6.41. The van der Waals surface area contributed by atoms with Crippen molar-refractivity contribution in [3.05, 3.63) is 21.3 Å². The van der Waals surface area contributed by atoms with Gasteiger partial charge in [0.15, 0.2) is 0 Å². The standard InChI is InChI=1S/C11H16ClNS/c1-8(2)11(5-3-6-13-11)10-9(12)4-7-14-10/h4,7-8,13H,3,5-6H2,1-2H3. The maximum atomic E-state index is 6.22. The highest BCUT2D eigenvalue weighted by molar-refractivity contribution is 7.10. The van der Waals surface area contributed by atoms with E-state index in [9.17, 15) is 0 Å². The van der Waals surface area contributed by atoms with Crippen molar-refractivity contribution < 1.29 is 0 Å². The Bertz CT molecular complexity index is 313. The third-order valence-corrected chi connectivity index (χ3v) is 4.72. The van der Waals surface area contributed by atoms with Crippen LogP contribution >= 0.6 is 22.9 Å². The Morgan fingerprint density at radius 1 is 1.57 bits per heavy atom. The Kier molecular flexibility index (Phi) is 2.87. The molecule has 1 aromatic heterocycles. The Balaban J connectivity index is 2.41. The van der Waals surface area contributed by atoms with Crippen LogP contribution in [-0.4, -0.2) is 6.54 Å². The van der Waals surface area contributed by atoms with E-state index in [1.54, 1.807) is 11.3 Å². The van der Waals surface area contributed by atoms with Crippen LogP contribution in [0.3, 0.4) is 0 Å². The van der Waals surface area contributed by atoms with E-state index in [4.69, 9.17) is 11.6 Å². The van der Waals surface area contributed by atoms with Crippen LogP contribution in [0.15, 0.2) is 11.4 Å². The predicted octanol–water partition coefficient (Wildman–Crippen LogP) is 3.64. The molecule has 78 valence electrons. The SMILES string of the molecule is CC(C)C1(c2sccc2Cl)CCCN1. The minimum Gasteiger partial charge on any atom is -0.306 e. The maximum absolute atomic E-state index is 6.22. The first-order valence-electron chi connectivity index (χ1n) is 5.15. The van der Waals surface area contributed by atoms with Crippen molar-refractivity contribution in [1.82, 2.24) is 5.32 Å². The lowest BCUT2D eigenvalue weighted by molar-refractivity contribution is 0.283. The van der Waals surface area contributed by atoms with Gasteiger partial charge >= 0.3 is 0 Å². The Morgan fingerprint density at radius 3 is 2.79 bits per heavy atom. The van der Waals surface area contributed by atoms with Gasteiger partial charge in [0, 0.05) is 4.88 Å². The van der Waals surface area contributed by atoms with Gasteiger partial charge < -0.3 is 5.32 Å². The molecular formula is C11H16ClNS. The summed E-state index contributed by atoms with van der Waals surface area (Å²) in [4.78, 5) is 1.33. The molecule has 3 heteroatoms. The van der Waals surface area contributed by atoms with Crippen molar-refractivity contribution in [2.24, 2.45) is 5.92 Å². The van der Waals surface area contributed by atoms with Crippen molar-refractivity contribution in [2.75, 3.05) is 6.54 Å². The fourth-order valence-corrected chi connectivity index (χ4v) is 3.91. The number of nitrogens with one attached hydrogen (secondary N) is 1. The summed E-state index contributed by atoms with van der Waals surface area (Å²) < 4.78 is 0. The van der Waals surface area contributed by atoms with Crippen LogP contribution in [0, 0.1) is 5.92 Å². The molecule has 0 spiro atoms. The summed E-state index contributed by atoms with van der Waals surface area (Å²) >= 11 is 8.00. The summed E-state index contributed by atoms with van der Waals surface area (Å²) in [7, 11) is 0. The summed E-state index contributed by atoms with van der Waals surface area (Å²) in [5.41, 5.74) is 0.144. The first kappa shape index (κ1) is 10.5. The van der Waals surface area contributed by atoms with E-state index in [-0.39, 0.29) is 5.54 Å². The molecule has 1 aliphatic rings. The van der Waals surface area contributed by atoms with E-state index < -0.39 is 0 Å². The largest absolute Gasteiger partial charge is 0.306 e. The number of hydrogen-bond donors (Lipinski definition) is 1. The van der Waals surface area contributed by atoms with E-state index >= 15 is 0 Å². The second kappa shape index (κ2) is 3.84. The van der Waals surface area contributed by atoms with Crippen molar-refractivity contribution in [3.8, 4) is 0 Å². The lowest BCUT2D eigenvalue weighted by atomic mass is 9.83. The summed E-state index contributed by atoms with van der Waals surface area (Å²) in [5.74, 6) is 0.598. The third-order valence-electron chi connectivity index (χ3n) is 3.20. The monoisotopic (exact) mass is 229 g/mol. The third kappa shape index (κ3) is 1.50. The van der Waals surface area contributed by atoms with E-state index in [2.05, 4.69) is 24.5 Å². The molecule has 1 atom stereocenters. The van der Waals surface area contributed by atoms with Gasteiger partial charge in [-0.3, -0.25) is 0 Å². The summed E-state index contributed by atoms with van der Waals surface area (Å²) in [6.07, 6.45) is 2.47. The number of hydrogen-bond acceptors (Lipinski definition) is 2. The molecule has 0 amide bonds. The van der Waals surface area contributed by atoms with Crippen LogP contribution in [0.25, 0.3) is 0 Å². The second-order valence-electron chi connectivity index (χ2n) is 4.25. The number of halogens is 1. The van der Waals surface area contributed by atoms with E-state index in [0.29, 0.717) is 5.92 Å². The lowest BCUT2D eigenvalue weighted by Crippen LogP contribution is -2.41. The normalized spacial score (nSPS) is 27.4. The predicted molar refractivity (Wildman–Crippen MR) is 63.1 cm³/mol. The molecule has 1 nitrogen and oxygen atoms in total. The average molecular weight is 230 g/mol. The van der Waals surface area contributed by atoms with Gasteiger partial charge in [-0.05, 0) is 36.8 Å². The highest BCUT2D eigenvalue weighted by Crippen LogP contribution is 2.43. The van der Waals surface area contributed by atoms with Gasteiger partial charge in [0.05, 0.1) is 10.6 Å². The molecule has 0 aromatic carbocycles. The zero-order chi connectivity index (χ0) is 10.2.